The van der Waals surface area contributed by atoms with Gasteiger partial charge in [-0.2, -0.15) is 0 Å². The predicted octanol–water partition coefficient (Wildman–Crippen LogP) is 4.13. The van der Waals surface area contributed by atoms with Crippen molar-refractivity contribution < 1.29 is 0 Å². The number of nitrogens with zero attached hydrogens (tertiary/aromatic N) is 1. The Morgan fingerprint density at radius 3 is 2.42 bits per heavy atom. The topological polar surface area (TPSA) is 38.9 Å². The number of rotatable bonds is 1. The SMILES string of the molecule is Cc1cc(Cl)cc2c(C(N)=S)cc(C(C)(C)C)nc12. The highest BCUT2D eigenvalue weighted by Gasteiger charge is 2.19. The molecular weight excluding hydrogens is 276 g/mol. The second-order valence-electron chi connectivity index (χ2n) is 5.79. The van der Waals surface area contributed by atoms with Crippen LogP contribution in [0.3, 0.4) is 0 Å². The largest absolute Gasteiger partial charge is 0.389 e. The van der Waals surface area contributed by atoms with Gasteiger partial charge in [-0.3, -0.25) is 4.98 Å². The molecule has 0 aliphatic rings. The average molecular weight is 293 g/mol. The fraction of sp³-hybridized carbons (Fsp3) is 0.333. The maximum atomic E-state index is 6.12. The Labute approximate surface area is 124 Å². The molecule has 0 atom stereocenters. The Balaban J connectivity index is 2.92. The van der Waals surface area contributed by atoms with Gasteiger partial charge in [0.15, 0.2) is 0 Å². The average Bonchev–Trinajstić information content (AvgIpc) is 2.25. The molecule has 4 heteroatoms. The van der Waals surface area contributed by atoms with E-state index >= 15 is 0 Å². The summed E-state index contributed by atoms with van der Waals surface area (Å²) in [5, 5.41) is 1.60. The normalized spacial score (nSPS) is 11.8. The van der Waals surface area contributed by atoms with Crippen LogP contribution in [-0.4, -0.2) is 9.97 Å². The van der Waals surface area contributed by atoms with E-state index in [4.69, 9.17) is 34.5 Å². The van der Waals surface area contributed by atoms with Crippen molar-refractivity contribution in [1.82, 2.24) is 4.98 Å². The molecule has 1 aromatic heterocycles. The van der Waals surface area contributed by atoms with Crippen molar-refractivity contribution >= 4 is 39.7 Å². The van der Waals surface area contributed by atoms with Crippen molar-refractivity contribution in [3.8, 4) is 0 Å². The Bertz CT molecular complexity index is 672. The van der Waals surface area contributed by atoms with E-state index in [9.17, 15) is 0 Å². The zero-order chi connectivity index (χ0) is 14.4. The standard InChI is InChI=1S/C15H17ClN2S/c1-8-5-9(16)6-10-11(14(17)19)7-12(15(2,3)4)18-13(8)10/h5-7H,1-4H3,(H2,17,19). The van der Waals surface area contributed by atoms with Crippen molar-refractivity contribution in [2.45, 2.75) is 33.1 Å². The van der Waals surface area contributed by atoms with E-state index in [1.54, 1.807) is 0 Å². The minimum atomic E-state index is -0.0558. The third kappa shape index (κ3) is 2.72. The highest BCUT2D eigenvalue weighted by molar-refractivity contribution is 7.80. The first-order valence-electron chi connectivity index (χ1n) is 6.11. The van der Waals surface area contributed by atoms with Gasteiger partial charge in [0.25, 0.3) is 0 Å². The number of aromatic nitrogens is 1. The van der Waals surface area contributed by atoms with E-state index in [2.05, 4.69) is 20.8 Å². The molecule has 100 valence electrons. The van der Waals surface area contributed by atoms with Gasteiger partial charge in [-0.15, -0.1) is 0 Å². The minimum absolute atomic E-state index is 0.0558. The summed E-state index contributed by atoms with van der Waals surface area (Å²) < 4.78 is 0. The van der Waals surface area contributed by atoms with Crippen LogP contribution in [-0.2, 0) is 5.41 Å². The molecule has 0 bridgehead atoms. The van der Waals surface area contributed by atoms with E-state index in [1.807, 2.05) is 25.1 Å². The van der Waals surface area contributed by atoms with Crippen molar-refractivity contribution in [2.24, 2.45) is 5.73 Å². The van der Waals surface area contributed by atoms with Gasteiger partial charge >= 0.3 is 0 Å². The Morgan fingerprint density at radius 1 is 1.26 bits per heavy atom. The molecule has 0 radical (unpaired) electrons. The maximum Gasteiger partial charge on any atom is 0.104 e. The van der Waals surface area contributed by atoms with Crippen LogP contribution in [0.1, 0.15) is 37.6 Å². The zero-order valence-corrected chi connectivity index (χ0v) is 13.1. The van der Waals surface area contributed by atoms with Gasteiger partial charge in [-0.25, -0.2) is 0 Å². The summed E-state index contributed by atoms with van der Waals surface area (Å²) in [6, 6.07) is 5.75. The molecule has 0 unspecified atom stereocenters. The molecule has 1 heterocycles. The molecule has 0 amide bonds. The fourth-order valence-electron chi connectivity index (χ4n) is 2.04. The molecule has 0 saturated carbocycles. The van der Waals surface area contributed by atoms with Crippen LogP contribution in [0.25, 0.3) is 10.9 Å². The highest BCUT2D eigenvalue weighted by Crippen LogP contribution is 2.29. The van der Waals surface area contributed by atoms with E-state index in [0.717, 1.165) is 27.7 Å². The van der Waals surface area contributed by atoms with Crippen LogP contribution < -0.4 is 5.73 Å². The Kier molecular flexibility index (Phi) is 3.54. The molecular formula is C15H17ClN2S. The first kappa shape index (κ1) is 14.2. The van der Waals surface area contributed by atoms with E-state index < -0.39 is 0 Å². The zero-order valence-electron chi connectivity index (χ0n) is 11.5. The second kappa shape index (κ2) is 4.73. The van der Waals surface area contributed by atoms with Gasteiger partial charge in [0.05, 0.1) is 5.52 Å². The Morgan fingerprint density at radius 2 is 1.89 bits per heavy atom. The summed E-state index contributed by atoms with van der Waals surface area (Å²) in [7, 11) is 0. The number of thiocarbonyl (C=S) groups is 1. The molecule has 2 N–H and O–H groups in total. The molecule has 0 fully saturated rings. The number of pyridine rings is 1. The highest BCUT2D eigenvalue weighted by atomic mass is 35.5. The number of fused-ring (bicyclic) bond motifs is 1. The number of halogens is 1. The van der Waals surface area contributed by atoms with Crippen LogP contribution in [0, 0.1) is 6.92 Å². The van der Waals surface area contributed by atoms with Gasteiger partial charge in [-0.1, -0.05) is 44.6 Å². The lowest BCUT2D eigenvalue weighted by Crippen LogP contribution is -2.17. The molecule has 2 nitrogen and oxygen atoms in total. The van der Waals surface area contributed by atoms with Gasteiger partial charge in [0.1, 0.15) is 4.99 Å². The second-order valence-corrected chi connectivity index (χ2v) is 6.66. The molecule has 0 spiro atoms. The molecule has 2 aromatic rings. The van der Waals surface area contributed by atoms with Crippen LogP contribution in [0.15, 0.2) is 18.2 Å². The molecule has 1 aromatic carbocycles. The van der Waals surface area contributed by atoms with Gasteiger partial charge < -0.3 is 5.73 Å². The van der Waals surface area contributed by atoms with Crippen LogP contribution >= 0.6 is 23.8 Å². The smallest absolute Gasteiger partial charge is 0.104 e. The van der Waals surface area contributed by atoms with Gasteiger partial charge in [-0.05, 0) is 30.7 Å². The summed E-state index contributed by atoms with van der Waals surface area (Å²) >= 11 is 11.3. The number of benzene rings is 1. The first-order valence-corrected chi connectivity index (χ1v) is 6.90. The lowest BCUT2D eigenvalue weighted by atomic mass is 9.89. The molecule has 0 saturated heterocycles. The number of aryl methyl sites for hydroxylation is 1. The third-order valence-corrected chi connectivity index (χ3v) is 3.54. The summed E-state index contributed by atoms with van der Waals surface area (Å²) in [6.07, 6.45) is 0. The molecule has 2 rings (SSSR count). The van der Waals surface area contributed by atoms with Crippen molar-refractivity contribution in [3.63, 3.8) is 0 Å². The van der Waals surface area contributed by atoms with E-state index in [1.165, 1.54) is 0 Å². The number of nitrogens with two attached hydrogens (primary N) is 1. The molecule has 0 aliphatic heterocycles. The van der Waals surface area contributed by atoms with E-state index in [-0.39, 0.29) is 5.41 Å². The van der Waals surface area contributed by atoms with Crippen molar-refractivity contribution in [3.05, 3.63) is 40.0 Å². The van der Waals surface area contributed by atoms with E-state index in [0.29, 0.717) is 10.0 Å². The van der Waals surface area contributed by atoms with Gasteiger partial charge in [0.2, 0.25) is 0 Å². The maximum absolute atomic E-state index is 6.12. The fourth-order valence-corrected chi connectivity index (χ4v) is 2.49. The first-order chi connectivity index (χ1) is 8.70. The Hall–Kier alpha value is -1.19. The van der Waals surface area contributed by atoms with Crippen LogP contribution in [0.2, 0.25) is 5.02 Å². The quantitative estimate of drug-likeness (QED) is 0.803. The lowest BCUT2D eigenvalue weighted by Gasteiger charge is -2.20. The minimum Gasteiger partial charge on any atom is -0.389 e. The summed E-state index contributed by atoms with van der Waals surface area (Å²) in [4.78, 5) is 5.13. The molecule has 19 heavy (non-hydrogen) atoms. The lowest BCUT2D eigenvalue weighted by molar-refractivity contribution is 0.571. The molecule has 0 aliphatic carbocycles. The van der Waals surface area contributed by atoms with Crippen LogP contribution in [0.4, 0.5) is 0 Å². The van der Waals surface area contributed by atoms with Crippen LogP contribution in [0.5, 0.6) is 0 Å². The number of hydrogen-bond donors (Lipinski definition) is 1. The van der Waals surface area contributed by atoms with Crippen molar-refractivity contribution in [2.75, 3.05) is 0 Å². The summed E-state index contributed by atoms with van der Waals surface area (Å²) in [5.41, 5.74) is 9.57. The summed E-state index contributed by atoms with van der Waals surface area (Å²) in [5.74, 6) is 0. The predicted molar refractivity (Wildman–Crippen MR) is 86.1 cm³/mol. The summed E-state index contributed by atoms with van der Waals surface area (Å²) in [6.45, 7) is 8.36. The van der Waals surface area contributed by atoms with Crippen molar-refractivity contribution in [1.29, 1.82) is 0 Å². The third-order valence-electron chi connectivity index (χ3n) is 3.10. The number of hydrogen-bond acceptors (Lipinski definition) is 2. The monoisotopic (exact) mass is 292 g/mol. The van der Waals surface area contributed by atoms with Gasteiger partial charge in [0, 0.05) is 27.1 Å².